The van der Waals surface area contributed by atoms with Gasteiger partial charge in [0.15, 0.2) is 0 Å². The van der Waals surface area contributed by atoms with Gasteiger partial charge in [0, 0.05) is 25.4 Å². The number of nitrogens with zero attached hydrogens (tertiary/aromatic N) is 3. The van der Waals surface area contributed by atoms with E-state index in [1.165, 1.54) is 16.8 Å². The highest BCUT2D eigenvalue weighted by atomic mass is 16.2. The van der Waals surface area contributed by atoms with E-state index in [4.69, 9.17) is 5.26 Å². The fourth-order valence-corrected chi connectivity index (χ4v) is 1.52. The molecule has 0 unspecified atom stereocenters. The number of aromatic amines is 1. The van der Waals surface area contributed by atoms with Crippen LogP contribution in [0.1, 0.15) is 5.69 Å². The van der Waals surface area contributed by atoms with Crippen LogP contribution in [0.2, 0.25) is 0 Å². The van der Waals surface area contributed by atoms with Crippen molar-refractivity contribution in [3.63, 3.8) is 0 Å². The van der Waals surface area contributed by atoms with Crippen LogP contribution in [-0.2, 0) is 6.54 Å². The Morgan fingerprint density at radius 3 is 2.95 bits per heavy atom. The van der Waals surface area contributed by atoms with Gasteiger partial charge in [0.25, 0.3) is 5.56 Å². The van der Waals surface area contributed by atoms with Crippen molar-refractivity contribution in [2.24, 2.45) is 0 Å². The lowest BCUT2D eigenvalue weighted by Crippen LogP contribution is -2.30. The molecular formula is C12H11N5O2. The molecule has 7 nitrogen and oxygen atoms in total. The molecule has 96 valence electrons. The predicted octanol–water partition coefficient (Wildman–Crippen LogP) is -0.0846. The Hall–Kier alpha value is -2.88. The van der Waals surface area contributed by atoms with Crippen LogP contribution < -0.4 is 16.6 Å². The number of hydrogen-bond donors (Lipinski definition) is 2. The van der Waals surface area contributed by atoms with Crippen LogP contribution >= 0.6 is 0 Å². The van der Waals surface area contributed by atoms with Crippen LogP contribution in [0.25, 0.3) is 0 Å². The molecule has 0 aromatic carbocycles. The number of anilines is 1. The van der Waals surface area contributed by atoms with Crippen LogP contribution in [0.4, 0.5) is 5.82 Å². The fourth-order valence-electron chi connectivity index (χ4n) is 1.52. The molecule has 2 N–H and O–H groups in total. The van der Waals surface area contributed by atoms with Gasteiger partial charge >= 0.3 is 5.69 Å². The Balaban J connectivity index is 1.98. The van der Waals surface area contributed by atoms with E-state index in [1.807, 2.05) is 6.07 Å². The van der Waals surface area contributed by atoms with Gasteiger partial charge in [-0.25, -0.2) is 9.78 Å². The lowest BCUT2D eigenvalue weighted by Gasteiger charge is -2.07. The van der Waals surface area contributed by atoms with Crippen molar-refractivity contribution in [1.29, 1.82) is 5.26 Å². The maximum Gasteiger partial charge on any atom is 0.328 e. The minimum absolute atomic E-state index is 0.325. The average Bonchev–Trinajstić information content (AvgIpc) is 2.41. The predicted molar refractivity (Wildman–Crippen MR) is 68.8 cm³/mol. The zero-order valence-electron chi connectivity index (χ0n) is 9.96. The Morgan fingerprint density at radius 1 is 1.37 bits per heavy atom. The number of H-pyrrole nitrogens is 1. The molecule has 0 bridgehead atoms. The molecule has 19 heavy (non-hydrogen) atoms. The Kier molecular flexibility index (Phi) is 3.73. The van der Waals surface area contributed by atoms with E-state index in [0.717, 1.165) is 0 Å². The zero-order chi connectivity index (χ0) is 13.7. The zero-order valence-corrected chi connectivity index (χ0v) is 9.96. The van der Waals surface area contributed by atoms with Gasteiger partial charge in [-0.05, 0) is 12.1 Å². The number of hydrogen-bond acceptors (Lipinski definition) is 5. The van der Waals surface area contributed by atoms with Gasteiger partial charge in [0.1, 0.15) is 17.6 Å². The highest BCUT2D eigenvalue weighted by Crippen LogP contribution is 2.03. The van der Waals surface area contributed by atoms with Crippen molar-refractivity contribution in [1.82, 2.24) is 14.5 Å². The van der Waals surface area contributed by atoms with E-state index in [-0.39, 0.29) is 0 Å². The molecule has 0 radical (unpaired) electrons. The summed E-state index contributed by atoms with van der Waals surface area (Å²) in [6.07, 6.45) is 1.43. The van der Waals surface area contributed by atoms with Crippen LogP contribution in [-0.4, -0.2) is 21.1 Å². The molecule has 2 heterocycles. The van der Waals surface area contributed by atoms with Gasteiger partial charge in [-0.3, -0.25) is 14.3 Å². The molecule has 0 aliphatic heterocycles. The minimum atomic E-state index is -0.451. The van der Waals surface area contributed by atoms with Crippen molar-refractivity contribution >= 4 is 5.82 Å². The minimum Gasteiger partial charge on any atom is -0.368 e. The van der Waals surface area contributed by atoms with E-state index in [1.54, 1.807) is 18.2 Å². The van der Waals surface area contributed by atoms with Crippen molar-refractivity contribution in [2.75, 3.05) is 11.9 Å². The first kappa shape index (κ1) is 12.6. The summed E-state index contributed by atoms with van der Waals surface area (Å²) < 4.78 is 1.38. The second-order valence-electron chi connectivity index (χ2n) is 3.75. The standard InChI is InChI=1S/C12H11N5O2/c13-8-9-2-1-3-10(15-9)14-5-7-17-6-4-11(18)16-12(17)19/h1-4,6H,5,7H2,(H,14,15)(H,16,18,19). The number of rotatable bonds is 4. The molecule has 0 spiro atoms. The largest absolute Gasteiger partial charge is 0.368 e. The van der Waals surface area contributed by atoms with Crippen molar-refractivity contribution in [3.8, 4) is 6.07 Å². The lowest BCUT2D eigenvalue weighted by molar-refractivity contribution is 0.668. The first-order valence-electron chi connectivity index (χ1n) is 5.60. The summed E-state index contributed by atoms with van der Waals surface area (Å²) in [7, 11) is 0. The van der Waals surface area contributed by atoms with Gasteiger partial charge in [-0.2, -0.15) is 5.26 Å². The highest BCUT2D eigenvalue weighted by molar-refractivity contribution is 5.38. The van der Waals surface area contributed by atoms with Gasteiger partial charge < -0.3 is 5.32 Å². The third-order valence-corrected chi connectivity index (χ3v) is 2.42. The number of nitrogens with one attached hydrogen (secondary N) is 2. The van der Waals surface area contributed by atoms with E-state index in [9.17, 15) is 9.59 Å². The summed E-state index contributed by atoms with van der Waals surface area (Å²) in [6, 6.07) is 8.30. The summed E-state index contributed by atoms with van der Waals surface area (Å²) in [6.45, 7) is 0.835. The molecule has 0 aliphatic carbocycles. The normalized spacial score (nSPS) is 9.84. The molecule has 0 aliphatic rings. The molecule has 0 amide bonds. The Labute approximate surface area is 108 Å². The summed E-state index contributed by atoms with van der Waals surface area (Å²) >= 11 is 0. The van der Waals surface area contributed by atoms with Crippen molar-refractivity contribution in [3.05, 3.63) is 57.0 Å². The molecule has 0 atom stereocenters. The van der Waals surface area contributed by atoms with E-state index >= 15 is 0 Å². The maximum absolute atomic E-state index is 11.4. The van der Waals surface area contributed by atoms with Gasteiger partial charge in [0.05, 0.1) is 0 Å². The van der Waals surface area contributed by atoms with Crippen molar-refractivity contribution in [2.45, 2.75) is 6.54 Å². The van der Waals surface area contributed by atoms with E-state index in [2.05, 4.69) is 15.3 Å². The highest BCUT2D eigenvalue weighted by Gasteiger charge is 1.98. The summed E-state index contributed by atoms with van der Waals surface area (Å²) in [5.74, 6) is 0.566. The molecular weight excluding hydrogens is 246 g/mol. The fraction of sp³-hybridized carbons (Fsp3) is 0.167. The second-order valence-corrected chi connectivity index (χ2v) is 3.75. The summed E-state index contributed by atoms with van der Waals surface area (Å²) in [5, 5.41) is 11.7. The molecule has 0 saturated carbocycles. The average molecular weight is 257 g/mol. The molecule has 2 aromatic heterocycles. The van der Waals surface area contributed by atoms with Crippen LogP contribution in [0.3, 0.4) is 0 Å². The van der Waals surface area contributed by atoms with Crippen LogP contribution in [0.15, 0.2) is 40.1 Å². The third-order valence-electron chi connectivity index (χ3n) is 2.42. The van der Waals surface area contributed by atoms with E-state index < -0.39 is 11.2 Å². The van der Waals surface area contributed by atoms with Gasteiger partial charge in [-0.15, -0.1) is 0 Å². The Morgan fingerprint density at radius 2 is 2.21 bits per heavy atom. The summed E-state index contributed by atoms with van der Waals surface area (Å²) in [4.78, 5) is 28.5. The monoisotopic (exact) mass is 257 g/mol. The second kappa shape index (κ2) is 5.64. The number of pyridine rings is 1. The van der Waals surface area contributed by atoms with Gasteiger partial charge in [-0.1, -0.05) is 6.07 Å². The SMILES string of the molecule is N#Cc1cccc(NCCn2ccc(=O)[nH]c2=O)n1. The quantitative estimate of drug-likeness (QED) is 0.797. The maximum atomic E-state index is 11.4. The third kappa shape index (κ3) is 3.29. The van der Waals surface area contributed by atoms with Crippen molar-refractivity contribution < 1.29 is 0 Å². The molecule has 0 saturated heterocycles. The van der Waals surface area contributed by atoms with Crippen LogP contribution in [0, 0.1) is 11.3 Å². The van der Waals surface area contributed by atoms with Gasteiger partial charge in [0.2, 0.25) is 0 Å². The first-order chi connectivity index (χ1) is 9.19. The lowest BCUT2D eigenvalue weighted by atomic mass is 10.3. The molecule has 2 rings (SSSR count). The van der Waals surface area contributed by atoms with E-state index in [0.29, 0.717) is 24.6 Å². The summed E-state index contributed by atoms with van der Waals surface area (Å²) in [5.41, 5.74) is -0.545. The first-order valence-corrected chi connectivity index (χ1v) is 5.60. The molecule has 2 aromatic rings. The number of aromatic nitrogens is 3. The topological polar surface area (TPSA) is 104 Å². The molecule has 0 fully saturated rings. The number of nitriles is 1. The van der Waals surface area contributed by atoms with Crippen LogP contribution in [0.5, 0.6) is 0 Å². The smallest absolute Gasteiger partial charge is 0.328 e. The Bertz CT molecular complexity index is 726. The molecule has 7 heteroatoms.